The maximum atomic E-state index is 11.9. The Morgan fingerprint density at radius 1 is 1.44 bits per heavy atom. The summed E-state index contributed by atoms with van der Waals surface area (Å²) in [5.74, 6) is 0.366. The third kappa shape index (κ3) is 1.87. The first kappa shape index (κ1) is 11.3. The predicted molar refractivity (Wildman–Crippen MR) is 65.9 cm³/mol. The monoisotopic (exact) mass is 240 g/mol. The number of aryl methyl sites for hydroxylation is 1. The van der Waals surface area contributed by atoms with Gasteiger partial charge < -0.3 is 5.73 Å². The van der Waals surface area contributed by atoms with Crippen LogP contribution in [0.2, 0.25) is 0 Å². The van der Waals surface area contributed by atoms with Crippen molar-refractivity contribution in [1.82, 2.24) is 0 Å². The number of nitrogens with two attached hydrogens (primary N) is 1. The second-order valence-corrected chi connectivity index (χ2v) is 6.42. The molecule has 2 rings (SSSR count). The number of anilines is 2. The Kier molecular flexibility index (Phi) is 2.58. The number of sulfonamides is 1. The lowest BCUT2D eigenvalue weighted by atomic mass is 10.1. The molecule has 1 aliphatic heterocycles. The Morgan fingerprint density at radius 2 is 2.12 bits per heavy atom. The number of rotatable bonds is 1. The molecule has 0 spiro atoms. The Labute approximate surface area is 96.1 Å². The third-order valence-corrected chi connectivity index (χ3v) is 4.77. The molecule has 0 amide bonds. The highest BCUT2D eigenvalue weighted by atomic mass is 32.2. The van der Waals surface area contributed by atoms with Crippen LogP contribution in [-0.2, 0) is 10.0 Å². The molecule has 16 heavy (non-hydrogen) atoms. The SMILES string of the molecule is Cc1ccc(N)c(N2CC(C)CS2(=O)=O)c1. The standard InChI is InChI=1S/C11H16N2O2S/c1-8-3-4-10(12)11(5-8)13-6-9(2)7-16(13,14)15/h3-5,9H,6-7,12H2,1-2H3. The van der Waals surface area contributed by atoms with Crippen molar-refractivity contribution in [2.75, 3.05) is 22.3 Å². The first-order chi connectivity index (χ1) is 7.40. The van der Waals surface area contributed by atoms with E-state index in [0.29, 0.717) is 17.9 Å². The van der Waals surface area contributed by atoms with E-state index in [9.17, 15) is 8.42 Å². The summed E-state index contributed by atoms with van der Waals surface area (Å²) in [6, 6.07) is 5.46. The van der Waals surface area contributed by atoms with Crippen LogP contribution in [-0.4, -0.2) is 20.7 Å². The summed E-state index contributed by atoms with van der Waals surface area (Å²) >= 11 is 0. The zero-order chi connectivity index (χ0) is 11.9. The van der Waals surface area contributed by atoms with Gasteiger partial charge in [-0.3, -0.25) is 4.31 Å². The molecule has 1 aromatic carbocycles. The Bertz CT molecular complexity index is 511. The van der Waals surface area contributed by atoms with Crippen molar-refractivity contribution in [3.63, 3.8) is 0 Å². The largest absolute Gasteiger partial charge is 0.397 e. The van der Waals surface area contributed by atoms with Gasteiger partial charge in [-0.15, -0.1) is 0 Å². The minimum absolute atomic E-state index is 0.157. The van der Waals surface area contributed by atoms with Gasteiger partial charge in [0.2, 0.25) is 10.0 Å². The van der Waals surface area contributed by atoms with Crippen LogP contribution < -0.4 is 10.0 Å². The molecule has 0 saturated carbocycles. The van der Waals surface area contributed by atoms with E-state index < -0.39 is 10.0 Å². The lowest BCUT2D eigenvalue weighted by molar-refractivity contribution is 0.598. The van der Waals surface area contributed by atoms with E-state index in [1.807, 2.05) is 26.0 Å². The number of nitrogens with zero attached hydrogens (tertiary/aromatic N) is 1. The molecule has 0 aliphatic carbocycles. The molecule has 4 nitrogen and oxygen atoms in total. The van der Waals surface area contributed by atoms with Gasteiger partial charge in [-0.1, -0.05) is 13.0 Å². The zero-order valence-electron chi connectivity index (χ0n) is 9.47. The van der Waals surface area contributed by atoms with Gasteiger partial charge in [0.05, 0.1) is 17.1 Å². The van der Waals surface area contributed by atoms with Crippen LogP contribution in [0, 0.1) is 12.8 Å². The summed E-state index contributed by atoms with van der Waals surface area (Å²) in [6.45, 7) is 4.38. The molecule has 1 aromatic rings. The number of benzene rings is 1. The van der Waals surface area contributed by atoms with Crippen LogP contribution in [0.4, 0.5) is 11.4 Å². The van der Waals surface area contributed by atoms with Crippen molar-refractivity contribution < 1.29 is 8.42 Å². The molecule has 88 valence electrons. The second kappa shape index (κ2) is 3.66. The zero-order valence-corrected chi connectivity index (χ0v) is 10.3. The van der Waals surface area contributed by atoms with Crippen LogP contribution in [0.3, 0.4) is 0 Å². The van der Waals surface area contributed by atoms with Crippen LogP contribution in [0.15, 0.2) is 18.2 Å². The summed E-state index contributed by atoms with van der Waals surface area (Å²) in [5.41, 5.74) is 7.97. The second-order valence-electron chi connectivity index (χ2n) is 4.48. The Balaban J connectivity index is 2.49. The smallest absolute Gasteiger partial charge is 0.235 e. The summed E-state index contributed by atoms with van der Waals surface area (Å²) in [4.78, 5) is 0. The molecule has 1 heterocycles. The average Bonchev–Trinajstić information content (AvgIpc) is 2.43. The lowest BCUT2D eigenvalue weighted by Crippen LogP contribution is -2.26. The molecular weight excluding hydrogens is 224 g/mol. The first-order valence-electron chi connectivity index (χ1n) is 5.26. The van der Waals surface area contributed by atoms with Crippen molar-refractivity contribution in [2.24, 2.45) is 5.92 Å². The van der Waals surface area contributed by atoms with E-state index in [2.05, 4.69) is 0 Å². The maximum absolute atomic E-state index is 11.9. The summed E-state index contributed by atoms with van der Waals surface area (Å²) < 4.78 is 25.2. The molecule has 1 saturated heterocycles. The van der Waals surface area contributed by atoms with Gasteiger partial charge in [-0.25, -0.2) is 8.42 Å². The normalized spacial score (nSPS) is 23.6. The summed E-state index contributed by atoms with van der Waals surface area (Å²) in [6.07, 6.45) is 0. The van der Waals surface area contributed by atoms with E-state index in [1.165, 1.54) is 4.31 Å². The van der Waals surface area contributed by atoms with E-state index >= 15 is 0 Å². The summed E-state index contributed by atoms with van der Waals surface area (Å²) in [7, 11) is -3.18. The van der Waals surface area contributed by atoms with Crippen molar-refractivity contribution >= 4 is 21.4 Å². The fourth-order valence-corrected chi connectivity index (χ4v) is 3.96. The quantitative estimate of drug-likeness (QED) is 0.754. The number of hydrogen-bond donors (Lipinski definition) is 1. The van der Waals surface area contributed by atoms with Crippen molar-refractivity contribution in [2.45, 2.75) is 13.8 Å². The average molecular weight is 240 g/mol. The maximum Gasteiger partial charge on any atom is 0.235 e. The van der Waals surface area contributed by atoms with Crippen LogP contribution in [0.5, 0.6) is 0 Å². The van der Waals surface area contributed by atoms with Gasteiger partial charge in [-0.2, -0.15) is 0 Å². The highest BCUT2D eigenvalue weighted by Gasteiger charge is 2.34. The topological polar surface area (TPSA) is 63.4 Å². The van der Waals surface area contributed by atoms with E-state index in [4.69, 9.17) is 5.73 Å². The molecule has 0 bridgehead atoms. The summed E-state index contributed by atoms with van der Waals surface area (Å²) in [5, 5.41) is 0. The highest BCUT2D eigenvalue weighted by Crippen LogP contribution is 2.31. The van der Waals surface area contributed by atoms with Gasteiger partial charge in [-0.05, 0) is 30.5 Å². The van der Waals surface area contributed by atoms with Crippen molar-refractivity contribution in [1.29, 1.82) is 0 Å². The van der Waals surface area contributed by atoms with Gasteiger partial charge in [0, 0.05) is 6.54 Å². The van der Waals surface area contributed by atoms with E-state index in [-0.39, 0.29) is 11.7 Å². The van der Waals surface area contributed by atoms with E-state index in [1.54, 1.807) is 6.07 Å². The fourth-order valence-electron chi connectivity index (χ4n) is 2.02. The van der Waals surface area contributed by atoms with Gasteiger partial charge >= 0.3 is 0 Å². The molecule has 0 radical (unpaired) electrons. The fraction of sp³-hybridized carbons (Fsp3) is 0.455. The molecule has 0 aromatic heterocycles. The van der Waals surface area contributed by atoms with E-state index in [0.717, 1.165) is 5.56 Å². The molecule has 2 N–H and O–H groups in total. The highest BCUT2D eigenvalue weighted by molar-refractivity contribution is 7.93. The minimum atomic E-state index is -3.18. The molecule has 1 fully saturated rings. The minimum Gasteiger partial charge on any atom is -0.397 e. The lowest BCUT2D eigenvalue weighted by Gasteiger charge is -2.19. The van der Waals surface area contributed by atoms with Crippen molar-refractivity contribution in [3.8, 4) is 0 Å². The predicted octanol–water partition coefficient (Wildman–Crippen LogP) is 1.36. The Morgan fingerprint density at radius 3 is 2.69 bits per heavy atom. The van der Waals surface area contributed by atoms with Crippen LogP contribution in [0.1, 0.15) is 12.5 Å². The molecular formula is C11H16N2O2S. The van der Waals surface area contributed by atoms with Gasteiger partial charge in [0.15, 0.2) is 0 Å². The third-order valence-electron chi connectivity index (χ3n) is 2.76. The molecule has 1 aliphatic rings. The van der Waals surface area contributed by atoms with Gasteiger partial charge in [0.25, 0.3) is 0 Å². The first-order valence-corrected chi connectivity index (χ1v) is 6.87. The van der Waals surface area contributed by atoms with Gasteiger partial charge in [0.1, 0.15) is 0 Å². The molecule has 1 unspecified atom stereocenters. The number of nitrogen functional groups attached to an aromatic ring is 1. The molecule has 1 atom stereocenters. The van der Waals surface area contributed by atoms with Crippen LogP contribution in [0.25, 0.3) is 0 Å². The Hall–Kier alpha value is -1.23. The molecule has 5 heteroatoms. The van der Waals surface area contributed by atoms with Crippen molar-refractivity contribution in [3.05, 3.63) is 23.8 Å². The number of hydrogen-bond acceptors (Lipinski definition) is 3. The van der Waals surface area contributed by atoms with Crippen LogP contribution >= 0.6 is 0 Å².